The van der Waals surface area contributed by atoms with E-state index in [1.165, 1.54) is 4.90 Å². The number of rotatable bonds is 12. The van der Waals surface area contributed by atoms with E-state index >= 15 is 0 Å². The molecule has 0 aliphatic rings. The number of nitrogens with zero attached hydrogens (tertiary/aromatic N) is 2. The second kappa shape index (κ2) is 13.4. The van der Waals surface area contributed by atoms with E-state index in [-0.39, 0.29) is 29.1 Å². The summed E-state index contributed by atoms with van der Waals surface area (Å²) in [6.45, 7) is 6.78. The summed E-state index contributed by atoms with van der Waals surface area (Å²) in [6, 6.07) is 17.2. The quantitative estimate of drug-likeness (QED) is 0.342. The van der Waals surface area contributed by atoms with E-state index in [9.17, 15) is 22.4 Å². The molecule has 0 saturated carbocycles. The summed E-state index contributed by atoms with van der Waals surface area (Å²) < 4.78 is 47.3. The Morgan fingerprint density at radius 1 is 0.950 bits per heavy atom. The van der Waals surface area contributed by atoms with Gasteiger partial charge in [-0.1, -0.05) is 36.8 Å². The molecule has 40 heavy (non-hydrogen) atoms. The zero-order valence-electron chi connectivity index (χ0n) is 23.4. The van der Waals surface area contributed by atoms with Crippen LogP contribution in [0.5, 0.6) is 5.75 Å². The Morgan fingerprint density at radius 3 is 2.10 bits per heavy atom. The second-order valence-electron chi connectivity index (χ2n) is 9.66. The maximum Gasteiger partial charge on any atom is 0.264 e. The molecule has 0 spiro atoms. The minimum Gasteiger partial charge on any atom is -0.497 e. The molecule has 3 aromatic carbocycles. The number of methoxy groups -OCH3 is 1. The molecule has 2 atom stereocenters. The van der Waals surface area contributed by atoms with Crippen LogP contribution in [-0.4, -0.2) is 50.9 Å². The van der Waals surface area contributed by atoms with Crippen molar-refractivity contribution in [3.8, 4) is 5.75 Å². The van der Waals surface area contributed by atoms with Gasteiger partial charge in [-0.05, 0) is 81.3 Å². The van der Waals surface area contributed by atoms with E-state index in [0.29, 0.717) is 12.2 Å². The van der Waals surface area contributed by atoms with Crippen molar-refractivity contribution in [3.05, 3.63) is 89.7 Å². The number of nitrogens with one attached hydrogen (secondary N) is 1. The van der Waals surface area contributed by atoms with Crippen LogP contribution < -0.4 is 14.4 Å². The average Bonchev–Trinajstić information content (AvgIpc) is 2.95. The number of anilines is 1. The summed E-state index contributed by atoms with van der Waals surface area (Å²) in [7, 11) is -2.71. The fraction of sp³-hybridized carbons (Fsp3) is 0.333. The van der Waals surface area contributed by atoms with Gasteiger partial charge in [-0.25, -0.2) is 12.8 Å². The van der Waals surface area contributed by atoms with Crippen LogP contribution >= 0.6 is 0 Å². The van der Waals surface area contributed by atoms with E-state index in [1.54, 1.807) is 62.6 Å². The standard InChI is InChI=1S/C30H36FN3O5S/c1-6-22(3)32-30(36)23(4)33(19-24-9-15-27(39-5)16-10-24)29(35)20-34(26-13-7-21(2)8-14-26)40(37,38)28-17-11-25(31)12-18-28/h7-18,22-23H,6,19-20H2,1-5H3,(H,32,36)/t22-,23+/m1/s1. The average molecular weight is 570 g/mol. The summed E-state index contributed by atoms with van der Waals surface area (Å²) in [4.78, 5) is 28.2. The van der Waals surface area contributed by atoms with Crippen LogP contribution in [-0.2, 0) is 26.2 Å². The number of carbonyl (C=O) groups excluding carboxylic acids is 2. The van der Waals surface area contributed by atoms with Crippen LogP contribution in [0.25, 0.3) is 0 Å². The number of aryl methyl sites for hydroxylation is 1. The van der Waals surface area contributed by atoms with Gasteiger partial charge >= 0.3 is 0 Å². The highest BCUT2D eigenvalue weighted by Crippen LogP contribution is 2.25. The smallest absolute Gasteiger partial charge is 0.264 e. The first-order chi connectivity index (χ1) is 19.0. The number of sulfonamides is 1. The van der Waals surface area contributed by atoms with Gasteiger partial charge in [0.15, 0.2) is 0 Å². The fourth-order valence-electron chi connectivity index (χ4n) is 3.95. The molecule has 0 aromatic heterocycles. The first-order valence-electron chi connectivity index (χ1n) is 13.0. The molecule has 3 aromatic rings. The second-order valence-corrected chi connectivity index (χ2v) is 11.5. The van der Waals surface area contributed by atoms with E-state index in [4.69, 9.17) is 4.74 Å². The number of hydrogen-bond donors (Lipinski definition) is 1. The minimum atomic E-state index is -4.26. The summed E-state index contributed by atoms with van der Waals surface area (Å²) in [5, 5.41) is 2.90. The molecule has 0 radical (unpaired) electrons. The minimum absolute atomic E-state index is 0.0657. The summed E-state index contributed by atoms with van der Waals surface area (Å²) in [5.74, 6) is -0.864. The zero-order chi connectivity index (χ0) is 29.4. The van der Waals surface area contributed by atoms with Crippen LogP contribution in [0.2, 0.25) is 0 Å². The largest absolute Gasteiger partial charge is 0.497 e. The van der Waals surface area contributed by atoms with Gasteiger partial charge in [0.2, 0.25) is 11.8 Å². The molecule has 10 heteroatoms. The van der Waals surface area contributed by atoms with Gasteiger partial charge in [0.05, 0.1) is 17.7 Å². The van der Waals surface area contributed by atoms with Crippen molar-refractivity contribution in [2.75, 3.05) is 18.0 Å². The first kappa shape index (κ1) is 30.6. The van der Waals surface area contributed by atoms with Gasteiger partial charge in [0.1, 0.15) is 24.2 Å². The van der Waals surface area contributed by atoms with Crippen LogP contribution in [0.15, 0.2) is 77.7 Å². The predicted molar refractivity (Wildman–Crippen MR) is 153 cm³/mol. The molecule has 0 heterocycles. The molecule has 8 nitrogen and oxygen atoms in total. The van der Waals surface area contributed by atoms with Gasteiger partial charge in [-0.2, -0.15) is 0 Å². The third kappa shape index (κ3) is 7.59. The molecule has 214 valence electrons. The number of benzene rings is 3. The molecule has 0 aliphatic carbocycles. The summed E-state index contributed by atoms with van der Waals surface area (Å²) >= 11 is 0. The maximum atomic E-state index is 13.9. The Balaban J connectivity index is 2.01. The molecule has 3 rings (SSSR count). The number of amides is 2. The summed E-state index contributed by atoms with van der Waals surface area (Å²) in [5.41, 5.74) is 1.91. The van der Waals surface area contributed by atoms with Gasteiger partial charge in [0, 0.05) is 12.6 Å². The van der Waals surface area contributed by atoms with Crippen LogP contribution in [0.1, 0.15) is 38.3 Å². The lowest BCUT2D eigenvalue weighted by molar-refractivity contribution is -0.139. The van der Waals surface area contributed by atoms with Crippen molar-refractivity contribution in [3.63, 3.8) is 0 Å². The highest BCUT2D eigenvalue weighted by Gasteiger charge is 2.32. The molecule has 2 amide bonds. The highest BCUT2D eigenvalue weighted by molar-refractivity contribution is 7.92. The van der Waals surface area contributed by atoms with Gasteiger partial charge in [-0.3, -0.25) is 13.9 Å². The number of halogens is 1. The molecule has 0 saturated heterocycles. The lowest BCUT2D eigenvalue weighted by Crippen LogP contribution is -2.52. The SMILES string of the molecule is CC[C@@H](C)NC(=O)[C@H](C)N(Cc1ccc(OC)cc1)C(=O)CN(c1ccc(C)cc1)S(=O)(=O)c1ccc(F)cc1. The third-order valence-corrected chi connectivity index (χ3v) is 8.47. The zero-order valence-corrected chi connectivity index (χ0v) is 24.2. The van der Waals surface area contributed by atoms with Crippen molar-refractivity contribution in [2.45, 2.75) is 57.6 Å². The van der Waals surface area contributed by atoms with Crippen molar-refractivity contribution < 1.29 is 27.1 Å². The van der Waals surface area contributed by atoms with E-state index in [0.717, 1.165) is 39.7 Å². The Hall–Kier alpha value is -3.92. The molecule has 0 fully saturated rings. The Labute approximate surface area is 235 Å². The topological polar surface area (TPSA) is 96.0 Å². The first-order valence-corrected chi connectivity index (χ1v) is 14.5. The third-order valence-electron chi connectivity index (χ3n) is 6.68. The van der Waals surface area contributed by atoms with Crippen LogP contribution in [0, 0.1) is 12.7 Å². The molecule has 0 bridgehead atoms. The number of carbonyl (C=O) groups is 2. The maximum absolute atomic E-state index is 13.9. The Kier molecular flexibility index (Phi) is 10.3. The lowest BCUT2D eigenvalue weighted by atomic mass is 10.1. The molecule has 1 N–H and O–H groups in total. The Bertz CT molecular complexity index is 1390. The van der Waals surface area contributed by atoms with Gasteiger partial charge in [-0.15, -0.1) is 0 Å². The van der Waals surface area contributed by atoms with Crippen molar-refractivity contribution in [1.82, 2.24) is 10.2 Å². The van der Waals surface area contributed by atoms with Crippen molar-refractivity contribution >= 4 is 27.5 Å². The molecular weight excluding hydrogens is 533 g/mol. The number of ether oxygens (including phenoxy) is 1. The van der Waals surface area contributed by atoms with Crippen molar-refractivity contribution in [2.24, 2.45) is 0 Å². The van der Waals surface area contributed by atoms with Gasteiger partial charge < -0.3 is 15.0 Å². The van der Waals surface area contributed by atoms with E-state index in [1.807, 2.05) is 20.8 Å². The predicted octanol–water partition coefficient (Wildman–Crippen LogP) is 4.67. The monoisotopic (exact) mass is 569 g/mol. The number of hydrogen-bond acceptors (Lipinski definition) is 5. The summed E-state index contributed by atoms with van der Waals surface area (Å²) in [6.07, 6.45) is 0.710. The molecule has 0 aliphatic heterocycles. The lowest BCUT2D eigenvalue weighted by Gasteiger charge is -2.32. The van der Waals surface area contributed by atoms with E-state index in [2.05, 4.69) is 5.32 Å². The van der Waals surface area contributed by atoms with Crippen LogP contribution in [0.4, 0.5) is 10.1 Å². The fourth-order valence-corrected chi connectivity index (χ4v) is 5.36. The van der Waals surface area contributed by atoms with Crippen molar-refractivity contribution in [1.29, 1.82) is 0 Å². The molecular formula is C30H36FN3O5S. The Morgan fingerprint density at radius 2 is 1.55 bits per heavy atom. The highest BCUT2D eigenvalue weighted by atomic mass is 32.2. The van der Waals surface area contributed by atoms with E-state index < -0.39 is 34.3 Å². The van der Waals surface area contributed by atoms with Gasteiger partial charge in [0.25, 0.3) is 10.0 Å². The normalized spacial score (nSPS) is 12.8. The van der Waals surface area contributed by atoms with Crippen LogP contribution in [0.3, 0.4) is 0 Å². The molecule has 0 unspecified atom stereocenters.